The van der Waals surface area contributed by atoms with Crippen molar-refractivity contribution in [2.24, 2.45) is 5.73 Å². The number of hydrogen-bond acceptors (Lipinski definition) is 6. The number of aliphatic hydroxyl groups is 1. The van der Waals surface area contributed by atoms with E-state index in [1.807, 2.05) is 0 Å². The second-order valence-electron chi connectivity index (χ2n) is 6.62. The van der Waals surface area contributed by atoms with Gasteiger partial charge in [0.2, 0.25) is 15.7 Å². The normalized spacial score (nSPS) is 15.7. The van der Waals surface area contributed by atoms with Crippen LogP contribution in [0.2, 0.25) is 0 Å². The van der Waals surface area contributed by atoms with Crippen LogP contribution < -0.4 is 5.73 Å². The lowest BCUT2D eigenvalue weighted by Crippen LogP contribution is -2.24. The Morgan fingerprint density at radius 1 is 1.23 bits per heavy atom. The number of thiophene rings is 1. The molecule has 0 spiro atoms. The number of rotatable bonds is 6. The van der Waals surface area contributed by atoms with E-state index in [9.17, 15) is 23.1 Å². The first-order valence-electron chi connectivity index (χ1n) is 8.06. The number of ketones is 1. The number of hydrogen-bond donors (Lipinski definition) is 2. The van der Waals surface area contributed by atoms with Crippen molar-refractivity contribution in [3.8, 4) is 0 Å². The fourth-order valence-electron chi connectivity index (χ4n) is 2.91. The molecular weight excluding hydrogens is 374 g/mol. The van der Waals surface area contributed by atoms with Gasteiger partial charge in [-0.15, -0.1) is 11.3 Å². The van der Waals surface area contributed by atoms with Gasteiger partial charge in [0.05, 0.1) is 10.5 Å². The van der Waals surface area contributed by atoms with Crippen molar-refractivity contribution in [2.45, 2.75) is 47.8 Å². The summed E-state index contributed by atoms with van der Waals surface area (Å²) in [7, 11) is -3.85. The molecule has 3 N–H and O–H groups in total. The molecule has 0 radical (unpaired) electrons. The van der Waals surface area contributed by atoms with Crippen molar-refractivity contribution >= 4 is 32.9 Å². The predicted molar refractivity (Wildman–Crippen MR) is 97.1 cm³/mol. The minimum absolute atomic E-state index is 0.0115. The predicted octanol–water partition coefficient (Wildman–Crippen LogP) is 1.93. The first kappa shape index (κ1) is 18.8. The Kier molecular flexibility index (Phi) is 4.54. The van der Waals surface area contributed by atoms with Gasteiger partial charge in [0.25, 0.3) is 0 Å². The van der Waals surface area contributed by atoms with Gasteiger partial charge in [-0.2, -0.15) is 0 Å². The minimum atomic E-state index is -3.85. The van der Waals surface area contributed by atoms with Gasteiger partial charge in [0.15, 0.2) is 5.78 Å². The molecule has 1 aromatic heterocycles. The second kappa shape index (κ2) is 6.29. The zero-order valence-electron chi connectivity index (χ0n) is 14.4. The van der Waals surface area contributed by atoms with Crippen LogP contribution in [0, 0.1) is 13.8 Å². The van der Waals surface area contributed by atoms with Crippen LogP contribution in [0.25, 0.3) is 0 Å². The highest BCUT2D eigenvalue weighted by atomic mass is 32.2. The zero-order valence-corrected chi connectivity index (χ0v) is 16.0. The molecule has 0 atom stereocenters. The molecule has 6 nitrogen and oxygen atoms in total. The van der Waals surface area contributed by atoms with Gasteiger partial charge in [0, 0.05) is 11.3 Å². The van der Waals surface area contributed by atoms with Crippen molar-refractivity contribution in [2.75, 3.05) is 0 Å². The topological polar surface area (TPSA) is 115 Å². The summed E-state index contributed by atoms with van der Waals surface area (Å²) in [5, 5.41) is 9.93. The summed E-state index contributed by atoms with van der Waals surface area (Å²) in [6, 6.07) is 6.41. The van der Waals surface area contributed by atoms with E-state index >= 15 is 0 Å². The highest BCUT2D eigenvalue weighted by molar-refractivity contribution is 7.93. The van der Waals surface area contributed by atoms with Crippen LogP contribution in [0.15, 0.2) is 33.4 Å². The smallest absolute Gasteiger partial charge is 0.249 e. The molecule has 138 valence electrons. The summed E-state index contributed by atoms with van der Waals surface area (Å²) in [5.74, 6) is -1.22. The number of nitrogens with two attached hydrogens (primary N) is 1. The molecule has 26 heavy (non-hydrogen) atoms. The number of aryl methyl sites for hydroxylation is 2. The molecule has 1 heterocycles. The van der Waals surface area contributed by atoms with Gasteiger partial charge in [-0.1, -0.05) is 18.2 Å². The third-order valence-corrected chi connectivity index (χ3v) is 8.22. The molecule has 8 heteroatoms. The Morgan fingerprint density at radius 3 is 2.31 bits per heavy atom. The van der Waals surface area contributed by atoms with Crippen LogP contribution in [0.4, 0.5) is 0 Å². The quantitative estimate of drug-likeness (QED) is 0.778. The molecule has 1 aliphatic rings. The molecule has 0 saturated heterocycles. The molecule has 0 unspecified atom stereocenters. The summed E-state index contributed by atoms with van der Waals surface area (Å²) in [5.41, 5.74) is 5.24. The Labute approximate surface area is 155 Å². The van der Waals surface area contributed by atoms with Gasteiger partial charge >= 0.3 is 0 Å². The van der Waals surface area contributed by atoms with Crippen molar-refractivity contribution in [1.29, 1.82) is 0 Å². The Hall–Kier alpha value is -2.03. The first-order valence-corrected chi connectivity index (χ1v) is 10.4. The number of amides is 1. The number of carbonyl (C=O) groups excluding carboxylic acids is 2. The van der Waals surface area contributed by atoms with Crippen molar-refractivity contribution in [3.63, 3.8) is 0 Å². The largest absolute Gasteiger partial charge is 0.382 e. The highest BCUT2D eigenvalue weighted by Crippen LogP contribution is 2.39. The molecule has 1 aromatic carbocycles. The summed E-state index contributed by atoms with van der Waals surface area (Å²) in [4.78, 5) is 24.4. The minimum Gasteiger partial charge on any atom is -0.382 e. The Morgan fingerprint density at radius 2 is 1.81 bits per heavy atom. The maximum absolute atomic E-state index is 13.1. The molecule has 1 fully saturated rings. The molecule has 1 aliphatic carbocycles. The average molecular weight is 393 g/mol. The average Bonchev–Trinajstić information content (AvgIpc) is 3.14. The molecule has 0 aliphatic heterocycles. The van der Waals surface area contributed by atoms with E-state index in [2.05, 4.69) is 0 Å². The van der Waals surface area contributed by atoms with E-state index in [-0.39, 0.29) is 26.0 Å². The van der Waals surface area contributed by atoms with Gasteiger partial charge < -0.3 is 10.8 Å². The van der Waals surface area contributed by atoms with E-state index in [1.165, 1.54) is 6.07 Å². The second-order valence-corrected chi connectivity index (χ2v) is 9.87. The lowest BCUT2D eigenvalue weighted by Gasteiger charge is -2.09. The Balaban J connectivity index is 2.07. The van der Waals surface area contributed by atoms with Gasteiger partial charge in [-0.05, 0) is 43.9 Å². The summed E-state index contributed by atoms with van der Waals surface area (Å²) >= 11 is 0.858. The fourth-order valence-corrected chi connectivity index (χ4v) is 6.25. The van der Waals surface area contributed by atoms with Crippen LogP contribution in [-0.2, 0) is 21.1 Å². The molecule has 2 aromatic rings. The van der Waals surface area contributed by atoms with Crippen LogP contribution in [0.3, 0.4) is 0 Å². The number of carbonyl (C=O) groups is 2. The van der Waals surface area contributed by atoms with Crippen LogP contribution in [0.5, 0.6) is 0 Å². The summed E-state index contributed by atoms with van der Waals surface area (Å²) in [6.07, 6.45) is 0.565. The van der Waals surface area contributed by atoms with Crippen LogP contribution in [-0.4, -0.2) is 30.8 Å². The Bertz CT molecular complexity index is 996. The van der Waals surface area contributed by atoms with Crippen molar-refractivity contribution in [1.82, 2.24) is 0 Å². The first-order chi connectivity index (χ1) is 12.1. The van der Waals surface area contributed by atoms with Gasteiger partial charge in [0.1, 0.15) is 9.81 Å². The lowest BCUT2D eigenvalue weighted by atomic mass is 10.1. The molecule has 3 rings (SSSR count). The number of sulfone groups is 1. The van der Waals surface area contributed by atoms with E-state index < -0.39 is 27.1 Å². The van der Waals surface area contributed by atoms with Crippen LogP contribution >= 0.6 is 11.3 Å². The lowest BCUT2D eigenvalue weighted by molar-refractivity contribution is -0.128. The monoisotopic (exact) mass is 393 g/mol. The van der Waals surface area contributed by atoms with E-state index in [0.717, 1.165) is 11.3 Å². The molecular formula is C18H19NO5S2. The third-order valence-electron chi connectivity index (χ3n) is 4.56. The van der Waals surface area contributed by atoms with Gasteiger partial charge in [-0.25, -0.2) is 8.42 Å². The molecule has 1 saturated carbocycles. The van der Waals surface area contributed by atoms with E-state index in [4.69, 9.17) is 5.73 Å². The van der Waals surface area contributed by atoms with Crippen molar-refractivity contribution in [3.05, 3.63) is 45.8 Å². The SMILES string of the molecule is Cc1cccc(C)c1S(=O)(=O)c1cc(C(N)=O)c(CC(=O)C2(O)CC2)s1. The van der Waals surface area contributed by atoms with Crippen molar-refractivity contribution < 1.29 is 23.1 Å². The van der Waals surface area contributed by atoms with E-state index in [1.54, 1.807) is 32.0 Å². The van der Waals surface area contributed by atoms with E-state index in [0.29, 0.717) is 24.0 Å². The molecule has 1 amide bonds. The summed E-state index contributed by atoms with van der Waals surface area (Å²) < 4.78 is 26.1. The maximum Gasteiger partial charge on any atom is 0.249 e. The molecule has 0 bridgehead atoms. The third kappa shape index (κ3) is 3.20. The summed E-state index contributed by atoms with van der Waals surface area (Å²) in [6.45, 7) is 3.41. The maximum atomic E-state index is 13.1. The standard InChI is InChI=1S/C18H19NO5S2/c1-10-4-3-5-11(2)16(10)26(23,24)15-8-12(17(19)21)13(25-15)9-14(20)18(22)6-7-18/h3-5,8,22H,6-7,9H2,1-2H3,(H2,19,21). The van der Waals surface area contributed by atoms with Crippen LogP contribution in [0.1, 0.15) is 39.2 Å². The number of Topliss-reactive ketones (excluding diaryl/α,β-unsaturated/α-hetero) is 1. The fraction of sp³-hybridized carbons (Fsp3) is 0.333. The van der Waals surface area contributed by atoms with Gasteiger partial charge in [-0.3, -0.25) is 9.59 Å². The zero-order chi connectivity index (χ0) is 19.3. The number of primary amides is 1. The highest BCUT2D eigenvalue weighted by Gasteiger charge is 2.47. The number of benzene rings is 1.